The fraction of sp³-hybridized carbons (Fsp3) is 0.333. The van der Waals surface area contributed by atoms with E-state index < -0.39 is 0 Å². The molecule has 1 unspecified atom stereocenters. The van der Waals surface area contributed by atoms with Gasteiger partial charge in [0.05, 0.1) is 12.2 Å². The van der Waals surface area contributed by atoms with E-state index >= 15 is 0 Å². The van der Waals surface area contributed by atoms with Crippen molar-refractivity contribution < 1.29 is 4.79 Å². The van der Waals surface area contributed by atoms with Gasteiger partial charge in [-0.05, 0) is 31.4 Å². The van der Waals surface area contributed by atoms with Gasteiger partial charge < -0.3 is 10.3 Å². The summed E-state index contributed by atoms with van der Waals surface area (Å²) in [5.41, 5.74) is 2.28. The van der Waals surface area contributed by atoms with Gasteiger partial charge in [0.25, 0.3) is 0 Å². The van der Waals surface area contributed by atoms with Gasteiger partial charge in [-0.25, -0.2) is 4.68 Å². The number of benzene rings is 1. The van der Waals surface area contributed by atoms with E-state index in [1.54, 1.807) is 6.20 Å². The van der Waals surface area contributed by atoms with Crippen molar-refractivity contribution >= 4 is 22.6 Å². The average Bonchev–Trinajstić information content (AvgIpc) is 3.19. The van der Waals surface area contributed by atoms with Crippen LogP contribution in [-0.4, -0.2) is 20.7 Å². The van der Waals surface area contributed by atoms with E-state index in [-0.39, 0.29) is 11.9 Å². The number of H-pyrrole nitrogens is 1. The molecule has 5 heteroatoms. The van der Waals surface area contributed by atoms with Gasteiger partial charge in [0.15, 0.2) is 0 Å². The summed E-state index contributed by atoms with van der Waals surface area (Å²) in [5, 5.41) is 8.44. The van der Waals surface area contributed by atoms with E-state index in [9.17, 15) is 4.79 Å². The highest BCUT2D eigenvalue weighted by Gasteiger charge is 2.12. The molecule has 2 heterocycles. The molecule has 3 rings (SSSR count). The third-order valence-electron chi connectivity index (χ3n) is 4.24. The molecule has 0 aliphatic carbocycles. The highest BCUT2D eigenvalue weighted by Crippen LogP contribution is 2.20. The molecule has 0 saturated heterocycles. The van der Waals surface area contributed by atoms with Gasteiger partial charge in [0.2, 0.25) is 5.91 Å². The van der Waals surface area contributed by atoms with Crippen molar-refractivity contribution in [2.24, 2.45) is 0 Å². The van der Waals surface area contributed by atoms with Crippen molar-refractivity contribution in [3.05, 3.63) is 48.3 Å². The smallest absolute Gasteiger partial charge is 0.225 e. The second-order valence-electron chi connectivity index (χ2n) is 5.83. The molecule has 0 bridgehead atoms. The minimum atomic E-state index is 0.0142. The number of aryl methyl sites for hydroxylation is 1. The molecular weight excluding hydrogens is 288 g/mol. The molecule has 5 nitrogen and oxygen atoms in total. The number of aromatic nitrogens is 3. The van der Waals surface area contributed by atoms with E-state index in [0.717, 1.165) is 17.8 Å². The number of hydrogen-bond donors (Lipinski definition) is 2. The Kier molecular flexibility index (Phi) is 4.46. The van der Waals surface area contributed by atoms with Gasteiger partial charge in [-0.2, -0.15) is 5.10 Å². The third-order valence-corrected chi connectivity index (χ3v) is 4.24. The number of nitrogens with one attached hydrogen (secondary N) is 2. The number of para-hydroxylation sites is 1. The van der Waals surface area contributed by atoms with Crippen LogP contribution < -0.4 is 5.32 Å². The predicted molar refractivity (Wildman–Crippen MR) is 92.5 cm³/mol. The quantitative estimate of drug-likeness (QED) is 0.725. The Morgan fingerprint density at radius 2 is 2.17 bits per heavy atom. The highest BCUT2D eigenvalue weighted by atomic mass is 16.1. The zero-order chi connectivity index (χ0) is 16.2. The molecule has 2 aromatic heterocycles. The number of carbonyl (C=O) groups is 1. The Labute approximate surface area is 135 Å². The molecule has 0 aliphatic heterocycles. The van der Waals surface area contributed by atoms with E-state index in [2.05, 4.69) is 35.3 Å². The minimum Gasteiger partial charge on any atom is -0.361 e. The van der Waals surface area contributed by atoms with Crippen LogP contribution >= 0.6 is 0 Å². The molecule has 0 aliphatic rings. The number of hydrogen-bond acceptors (Lipinski definition) is 2. The van der Waals surface area contributed by atoms with Crippen molar-refractivity contribution in [2.75, 3.05) is 5.32 Å². The lowest BCUT2D eigenvalue weighted by Gasteiger charge is -2.14. The minimum absolute atomic E-state index is 0.0142. The zero-order valence-electron chi connectivity index (χ0n) is 13.5. The number of fused-ring (bicyclic) bond motifs is 1. The molecule has 0 saturated carbocycles. The normalized spacial score (nSPS) is 12.4. The van der Waals surface area contributed by atoms with Crippen LogP contribution in [0.15, 0.2) is 42.7 Å². The lowest BCUT2D eigenvalue weighted by Crippen LogP contribution is -2.17. The molecule has 2 N–H and O–H groups in total. The first kappa shape index (κ1) is 15.3. The second kappa shape index (κ2) is 6.69. The molecular formula is C18H22N4O. The van der Waals surface area contributed by atoms with E-state index in [1.165, 1.54) is 10.9 Å². The van der Waals surface area contributed by atoms with Gasteiger partial charge >= 0.3 is 0 Å². The van der Waals surface area contributed by atoms with E-state index in [1.807, 2.05) is 35.1 Å². The standard InChI is InChI=1S/C18H22N4O/c1-3-13(2)22-17(10-11-20-22)21-18(23)9-8-14-12-19-16-7-5-4-6-15(14)16/h4-7,10-13,19H,3,8-9H2,1-2H3,(H,21,23). The third kappa shape index (κ3) is 3.28. The number of amides is 1. The zero-order valence-corrected chi connectivity index (χ0v) is 13.5. The monoisotopic (exact) mass is 310 g/mol. The Balaban J connectivity index is 1.63. The number of rotatable bonds is 6. The van der Waals surface area contributed by atoms with Crippen LogP contribution in [0.5, 0.6) is 0 Å². The highest BCUT2D eigenvalue weighted by molar-refractivity contribution is 5.90. The number of aromatic amines is 1. The molecule has 23 heavy (non-hydrogen) atoms. The summed E-state index contributed by atoms with van der Waals surface area (Å²) in [4.78, 5) is 15.5. The Morgan fingerprint density at radius 3 is 3.00 bits per heavy atom. The van der Waals surface area contributed by atoms with Crippen LogP contribution in [0, 0.1) is 0 Å². The van der Waals surface area contributed by atoms with Gasteiger partial charge in [-0.3, -0.25) is 4.79 Å². The fourth-order valence-electron chi connectivity index (χ4n) is 2.73. The Hall–Kier alpha value is -2.56. The summed E-state index contributed by atoms with van der Waals surface area (Å²) in [7, 11) is 0. The summed E-state index contributed by atoms with van der Waals surface area (Å²) >= 11 is 0. The Morgan fingerprint density at radius 1 is 1.35 bits per heavy atom. The van der Waals surface area contributed by atoms with E-state index in [0.29, 0.717) is 12.8 Å². The predicted octanol–water partition coefficient (Wildman–Crippen LogP) is 3.91. The van der Waals surface area contributed by atoms with Crippen LogP contribution in [0.2, 0.25) is 0 Å². The summed E-state index contributed by atoms with van der Waals surface area (Å²) in [6.07, 6.45) is 5.85. The molecule has 120 valence electrons. The first-order chi connectivity index (χ1) is 11.2. The maximum absolute atomic E-state index is 12.2. The molecule has 0 fully saturated rings. The van der Waals surface area contributed by atoms with Crippen LogP contribution in [-0.2, 0) is 11.2 Å². The molecule has 1 amide bonds. The first-order valence-electron chi connectivity index (χ1n) is 8.07. The van der Waals surface area contributed by atoms with Gasteiger partial charge in [0.1, 0.15) is 5.82 Å². The van der Waals surface area contributed by atoms with Crippen LogP contribution in [0.25, 0.3) is 10.9 Å². The summed E-state index contributed by atoms with van der Waals surface area (Å²) < 4.78 is 1.86. The average molecular weight is 310 g/mol. The van der Waals surface area contributed by atoms with Crippen molar-refractivity contribution in [1.29, 1.82) is 0 Å². The number of carbonyl (C=O) groups excluding carboxylic acids is 1. The van der Waals surface area contributed by atoms with Gasteiger partial charge in [0, 0.05) is 29.6 Å². The first-order valence-corrected chi connectivity index (χ1v) is 8.07. The largest absolute Gasteiger partial charge is 0.361 e. The summed E-state index contributed by atoms with van der Waals surface area (Å²) in [5.74, 6) is 0.781. The number of nitrogens with zero attached hydrogens (tertiary/aromatic N) is 2. The maximum atomic E-state index is 12.2. The lowest BCUT2D eigenvalue weighted by molar-refractivity contribution is -0.116. The molecule has 0 spiro atoms. The molecule has 1 atom stereocenters. The summed E-state index contributed by atoms with van der Waals surface area (Å²) in [6, 6.07) is 10.3. The van der Waals surface area contributed by atoms with Crippen LogP contribution in [0.4, 0.5) is 5.82 Å². The number of anilines is 1. The van der Waals surface area contributed by atoms with Crippen molar-refractivity contribution in [3.63, 3.8) is 0 Å². The maximum Gasteiger partial charge on any atom is 0.225 e. The van der Waals surface area contributed by atoms with Crippen molar-refractivity contribution in [1.82, 2.24) is 14.8 Å². The fourth-order valence-corrected chi connectivity index (χ4v) is 2.73. The molecule has 1 aromatic carbocycles. The van der Waals surface area contributed by atoms with Crippen LogP contribution in [0.1, 0.15) is 38.3 Å². The Bertz CT molecular complexity index is 802. The van der Waals surface area contributed by atoms with Crippen molar-refractivity contribution in [2.45, 2.75) is 39.2 Å². The molecule has 0 radical (unpaired) electrons. The van der Waals surface area contributed by atoms with Gasteiger partial charge in [-0.1, -0.05) is 25.1 Å². The molecule has 3 aromatic rings. The van der Waals surface area contributed by atoms with Crippen molar-refractivity contribution in [3.8, 4) is 0 Å². The van der Waals surface area contributed by atoms with Crippen LogP contribution in [0.3, 0.4) is 0 Å². The lowest BCUT2D eigenvalue weighted by atomic mass is 10.1. The topological polar surface area (TPSA) is 62.7 Å². The second-order valence-corrected chi connectivity index (χ2v) is 5.83. The van der Waals surface area contributed by atoms with Gasteiger partial charge in [-0.15, -0.1) is 0 Å². The summed E-state index contributed by atoms with van der Waals surface area (Å²) in [6.45, 7) is 4.20. The van der Waals surface area contributed by atoms with E-state index in [4.69, 9.17) is 0 Å². The SMILES string of the molecule is CCC(C)n1nccc1NC(=O)CCc1c[nH]c2ccccc12.